The van der Waals surface area contributed by atoms with E-state index < -0.39 is 10.0 Å². The van der Waals surface area contributed by atoms with Gasteiger partial charge in [-0.1, -0.05) is 24.3 Å². The lowest BCUT2D eigenvalue weighted by Crippen LogP contribution is -2.25. The third-order valence-electron chi connectivity index (χ3n) is 5.74. The van der Waals surface area contributed by atoms with Gasteiger partial charge in [0.15, 0.2) is 5.82 Å². The minimum Gasteiger partial charge on any atom is -0.322 e. The number of rotatable bonds is 4. The molecule has 1 aromatic heterocycles. The molecule has 0 aliphatic carbocycles. The lowest BCUT2D eigenvalue weighted by atomic mass is 10.1. The third-order valence-corrected chi connectivity index (χ3v) is 7.61. The van der Waals surface area contributed by atoms with E-state index in [0.717, 1.165) is 22.0 Å². The summed E-state index contributed by atoms with van der Waals surface area (Å²) in [5.74, 6) is 0.477. The van der Waals surface area contributed by atoms with Crippen molar-refractivity contribution < 1.29 is 13.2 Å². The Labute approximate surface area is 192 Å². The van der Waals surface area contributed by atoms with Crippen LogP contribution >= 0.6 is 0 Å². The summed E-state index contributed by atoms with van der Waals surface area (Å²) in [5, 5.41) is 3.88. The topological polar surface area (TPSA) is 92.3 Å². The second-order valence-electron chi connectivity index (χ2n) is 8.02. The standard InChI is InChI=1S/C25H22N4O3S/c1-17-7-10-20(15-22(17)24-26-16-19-5-2-3-6-23(19)28-24)27-25(30)18-8-11-21(12-9-18)29-13-4-14-33(29,31)32/h2-3,5-12,15-16H,4,13-14H2,1H3,(H,27,30). The number of benzene rings is 3. The van der Waals surface area contributed by atoms with Gasteiger partial charge in [-0.05, 0) is 61.4 Å². The maximum Gasteiger partial charge on any atom is 0.255 e. The van der Waals surface area contributed by atoms with Gasteiger partial charge in [0.05, 0.1) is 17.0 Å². The summed E-state index contributed by atoms with van der Waals surface area (Å²) in [5.41, 5.74) is 4.35. The van der Waals surface area contributed by atoms with Crippen molar-refractivity contribution in [2.24, 2.45) is 0 Å². The van der Waals surface area contributed by atoms with Gasteiger partial charge < -0.3 is 5.32 Å². The number of hydrogen-bond donors (Lipinski definition) is 1. The normalized spacial score (nSPS) is 15.0. The van der Waals surface area contributed by atoms with Gasteiger partial charge in [-0.2, -0.15) is 0 Å². The summed E-state index contributed by atoms with van der Waals surface area (Å²) >= 11 is 0. The van der Waals surface area contributed by atoms with Crippen LogP contribution in [0.3, 0.4) is 0 Å². The summed E-state index contributed by atoms with van der Waals surface area (Å²) in [7, 11) is -3.25. The third kappa shape index (κ3) is 4.17. The first-order valence-corrected chi connectivity index (χ1v) is 12.3. The molecule has 1 aliphatic rings. The molecule has 5 rings (SSSR count). The van der Waals surface area contributed by atoms with Crippen molar-refractivity contribution in [3.05, 3.63) is 84.1 Å². The first-order valence-electron chi connectivity index (χ1n) is 10.7. The minimum absolute atomic E-state index is 0.159. The number of para-hydroxylation sites is 1. The average molecular weight is 459 g/mol. The lowest BCUT2D eigenvalue weighted by Gasteiger charge is -2.17. The van der Waals surface area contributed by atoms with Gasteiger partial charge >= 0.3 is 0 Å². The molecule has 33 heavy (non-hydrogen) atoms. The highest BCUT2D eigenvalue weighted by Gasteiger charge is 2.28. The van der Waals surface area contributed by atoms with Crippen molar-refractivity contribution in [2.75, 3.05) is 21.9 Å². The predicted molar refractivity (Wildman–Crippen MR) is 130 cm³/mol. The highest BCUT2D eigenvalue weighted by molar-refractivity contribution is 7.93. The van der Waals surface area contributed by atoms with Gasteiger partial charge in [0.2, 0.25) is 10.0 Å². The van der Waals surface area contributed by atoms with Crippen molar-refractivity contribution >= 4 is 38.2 Å². The Hall–Kier alpha value is -3.78. The van der Waals surface area contributed by atoms with Gasteiger partial charge in [-0.15, -0.1) is 0 Å². The van der Waals surface area contributed by atoms with Gasteiger partial charge in [-0.25, -0.2) is 18.4 Å². The van der Waals surface area contributed by atoms with E-state index in [9.17, 15) is 13.2 Å². The molecule has 166 valence electrons. The summed E-state index contributed by atoms with van der Waals surface area (Å²) < 4.78 is 25.6. The zero-order valence-corrected chi connectivity index (χ0v) is 18.8. The predicted octanol–water partition coefficient (Wildman–Crippen LogP) is 4.40. The fourth-order valence-electron chi connectivity index (χ4n) is 3.95. The number of carbonyl (C=O) groups is 1. The molecular weight excluding hydrogens is 436 g/mol. The number of aryl methyl sites for hydroxylation is 1. The van der Waals surface area contributed by atoms with E-state index >= 15 is 0 Å². The lowest BCUT2D eigenvalue weighted by molar-refractivity contribution is 0.102. The molecule has 1 fully saturated rings. The second-order valence-corrected chi connectivity index (χ2v) is 10.0. The Balaban J connectivity index is 1.37. The highest BCUT2D eigenvalue weighted by Crippen LogP contribution is 2.27. The van der Waals surface area contributed by atoms with Crippen LogP contribution in [0.25, 0.3) is 22.3 Å². The van der Waals surface area contributed by atoms with E-state index in [2.05, 4.69) is 15.3 Å². The first kappa shape index (κ1) is 21.1. The number of fused-ring (bicyclic) bond motifs is 1. The van der Waals surface area contributed by atoms with Crippen molar-refractivity contribution in [2.45, 2.75) is 13.3 Å². The van der Waals surface area contributed by atoms with Crippen LogP contribution in [0.15, 0.2) is 72.9 Å². The molecule has 8 heteroatoms. The number of nitrogens with one attached hydrogen (secondary N) is 1. The molecule has 3 aromatic carbocycles. The van der Waals surface area contributed by atoms with Gasteiger partial charge in [0, 0.05) is 34.9 Å². The van der Waals surface area contributed by atoms with Crippen LogP contribution in [-0.2, 0) is 10.0 Å². The van der Waals surface area contributed by atoms with Crippen LogP contribution in [-0.4, -0.2) is 36.6 Å². The van der Waals surface area contributed by atoms with E-state index in [-0.39, 0.29) is 11.7 Å². The van der Waals surface area contributed by atoms with E-state index in [0.29, 0.717) is 35.7 Å². The summed E-state index contributed by atoms with van der Waals surface area (Å²) in [4.78, 5) is 22.0. The van der Waals surface area contributed by atoms with Crippen molar-refractivity contribution in [1.82, 2.24) is 9.97 Å². The van der Waals surface area contributed by atoms with Crippen molar-refractivity contribution in [3.8, 4) is 11.4 Å². The van der Waals surface area contributed by atoms with E-state index in [1.165, 1.54) is 4.31 Å². The SMILES string of the molecule is Cc1ccc(NC(=O)c2ccc(N3CCCS3(=O)=O)cc2)cc1-c1ncc2ccccc2n1. The smallest absolute Gasteiger partial charge is 0.255 e. The van der Waals surface area contributed by atoms with Crippen LogP contribution < -0.4 is 9.62 Å². The highest BCUT2D eigenvalue weighted by atomic mass is 32.2. The van der Waals surface area contributed by atoms with E-state index in [1.54, 1.807) is 30.5 Å². The van der Waals surface area contributed by atoms with Crippen LogP contribution in [0.2, 0.25) is 0 Å². The fraction of sp³-hybridized carbons (Fsp3) is 0.160. The number of hydrogen-bond acceptors (Lipinski definition) is 5. The molecule has 2 heterocycles. The molecule has 7 nitrogen and oxygen atoms in total. The van der Waals surface area contributed by atoms with Crippen LogP contribution in [0.1, 0.15) is 22.3 Å². The number of carbonyl (C=O) groups excluding carboxylic acids is 1. The molecule has 0 spiro atoms. The molecule has 1 amide bonds. The summed E-state index contributed by atoms with van der Waals surface area (Å²) in [6.45, 7) is 2.45. The number of anilines is 2. The minimum atomic E-state index is -3.25. The largest absolute Gasteiger partial charge is 0.322 e. The zero-order valence-electron chi connectivity index (χ0n) is 18.0. The molecule has 0 saturated carbocycles. The van der Waals surface area contributed by atoms with E-state index in [4.69, 9.17) is 0 Å². The molecule has 1 saturated heterocycles. The van der Waals surface area contributed by atoms with Gasteiger partial charge in [-0.3, -0.25) is 9.10 Å². The molecule has 0 unspecified atom stereocenters. The van der Waals surface area contributed by atoms with Crippen LogP contribution in [0.4, 0.5) is 11.4 Å². The number of nitrogens with zero attached hydrogens (tertiary/aromatic N) is 3. The Bertz CT molecular complexity index is 1470. The summed E-state index contributed by atoms with van der Waals surface area (Å²) in [6.07, 6.45) is 2.41. The van der Waals surface area contributed by atoms with Gasteiger partial charge in [0.25, 0.3) is 5.91 Å². The summed E-state index contributed by atoms with van der Waals surface area (Å²) in [6, 6.07) is 20.0. The fourth-order valence-corrected chi connectivity index (χ4v) is 5.52. The van der Waals surface area contributed by atoms with Gasteiger partial charge in [0.1, 0.15) is 0 Å². The zero-order chi connectivity index (χ0) is 23.0. The maximum atomic E-state index is 12.8. The molecule has 4 aromatic rings. The monoisotopic (exact) mass is 458 g/mol. The number of sulfonamides is 1. The molecule has 0 bridgehead atoms. The first-order chi connectivity index (χ1) is 15.9. The Morgan fingerprint density at radius 1 is 1.03 bits per heavy atom. The molecule has 1 aliphatic heterocycles. The van der Waals surface area contributed by atoms with E-state index in [1.807, 2.05) is 49.4 Å². The molecular formula is C25H22N4O3S. The molecule has 0 radical (unpaired) electrons. The number of amides is 1. The Morgan fingerprint density at radius 3 is 2.58 bits per heavy atom. The van der Waals surface area contributed by atoms with Crippen molar-refractivity contribution in [1.29, 1.82) is 0 Å². The second kappa shape index (κ2) is 8.29. The Kier molecular flexibility index (Phi) is 5.30. The van der Waals surface area contributed by atoms with Crippen molar-refractivity contribution in [3.63, 3.8) is 0 Å². The van der Waals surface area contributed by atoms with Crippen LogP contribution in [0, 0.1) is 6.92 Å². The Morgan fingerprint density at radius 2 is 1.82 bits per heavy atom. The quantitative estimate of drug-likeness (QED) is 0.489. The number of aromatic nitrogens is 2. The average Bonchev–Trinajstić information content (AvgIpc) is 3.19. The molecule has 0 atom stereocenters. The molecule has 1 N–H and O–H groups in total. The van der Waals surface area contributed by atoms with Crippen LogP contribution in [0.5, 0.6) is 0 Å². The maximum absolute atomic E-state index is 12.8.